The zero-order valence-corrected chi connectivity index (χ0v) is 13.4. The molecule has 0 aliphatic rings. The van der Waals surface area contributed by atoms with Gasteiger partial charge in [-0.25, -0.2) is 17.5 Å². The minimum Gasteiger partial charge on any atom is -0.497 e. The zero-order chi connectivity index (χ0) is 16.3. The van der Waals surface area contributed by atoms with Crippen LogP contribution in [-0.2, 0) is 10.0 Å². The van der Waals surface area contributed by atoms with Gasteiger partial charge in [-0.2, -0.15) is 0 Å². The Morgan fingerprint density at radius 1 is 1.14 bits per heavy atom. The van der Waals surface area contributed by atoms with Crippen molar-refractivity contribution < 1.29 is 17.5 Å². The number of benzene rings is 2. The predicted molar refractivity (Wildman–Crippen MR) is 82.9 cm³/mol. The molecule has 0 heterocycles. The standard InChI is InChI=1S/C16H18FNO3S/c1-11-10-14(17)6-9-16(11)22(19,20)18-12(2)13-4-7-15(21-3)8-5-13/h4-10,12,18H,1-3H3. The number of hydrogen-bond acceptors (Lipinski definition) is 3. The monoisotopic (exact) mass is 323 g/mol. The van der Waals surface area contributed by atoms with E-state index in [4.69, 9.17) is 4.74 Å². The van der Waals surface area contributed by atoms with Crippen molar-refractivity contribution in [2.24, 2.45) is 0 Å². The third kappa shape index (κ3) is 3.64. The summed E-state index contributed by atoms with van der Waals surface area (Å²) in [6.45, 7) is 3.31. The van der Waals surface area contributed by atoms with Crippen molar-refractivity contribution in [1.29, 1.82) is 0 Å². The summed E-state index contributed by atoms with van der Waals surface area (Å²) in [5.74, 6) is 0.243. The summed E-state index contributed by atoms with van der Waals surface area (Å²) in [7, 11) is -2.15. The van der Waals surface area contributed by atoms with Gasteiger partial charge in [-0.15, -0.1) is 0 Å². The van der Waals surface area contributed by atoms with Crippen molar-refractivity contribution in [2.75, 3.05) is 7.11 Å². The van der Waals surface area contributed by atoms with Gasteiger partial charge in [0.05, 0.1) is 12.0 Å². The molecule has 0 aliphatic carbocycles. The van der Waals surface area contributed by atoms with Crippen molar-refractivity contribution in [3.05, 3.63) is 59.4 Å². The number of sulfonamides is 1. The maximum Gasteiger partial charge on any atom is 0.241 e. The molecule has 1 atom stereocenters. The van der Waals surface area contributed by atoms with Crippen LogP contribution in [0.2, 0.25) is 0 Å². The largest absolute Gasteiger partial charge is 0.497 e. The topological polar surface area (TPSA) is 55.4 Å². The average Bonchev–Trinajstić information content (AvgIpc) is 2.46. The molecule has 118 valence electrons. The highest BCUT2D eigenvalue weighted by atomic mass is 32.2. The lowest BCUT2D eigenvalue weighted by molar-refractivity contribution is 0.414. The Labute approximate surface area is 130 Å². The Hall–Kier alpha value is -1.92. The second-order valence-electron chi connectivity index (χ2n) is 5.03. The van der Waals surface area contributed by atoms with E-state index in [-0.39, 0.29) is 4.90 Å². The van der Waals surface area contributed by atoms with Gasteiger partial charge in [-0.3, -0.25) is 0 Å². The number of halogens is 1. The van der Waals surface area contributed by atoms with Crippen LogP contribution in [0.25, 0.3) is 0 Å². The van der Waals surface area contributed by atoms with Crippen molar-refractivity contribution in [1.82, 2.24) is 4.72 Å². The summed E-state index contributed by atoms with van der Waals surface area (Å²) in [6.07, 6.45) is 0. The van der Waals surface area contributed by atoms with Crippen LogP contribution in [0.4, 0.5) is 4.39 Å². The highest BCUT2D eigenvalue weighted by molar-refractivity contribution is 7.89. The van der Waals surface area contributed by atoms with Gasteiger partial charge < -0.3 is 4.74 Å². The van der Waals surface area contributed by atoms with Crippen LogP contribution < -0.4 is 9.46 Å². The number of rotatable bonds is 5. The normalized spacial score (nSPS) is 12.9. The first-order chi connectivity index (χ1) is 10.3. The number of nitrogens with one attached hydrogen (secondary N) is 1. The maximum atomic E-state index is 13.1. The van der Waals surface area contributed by atoms with Crippen LogP contribution in [0.3, 0.4) is 0 Å². The van der Waals surface area contributed by atoms with Gasteiger partial charge in [0, 0.05) is 6.04 Å². The van der Waals surface area contributed by atoms with Gasteiger partial charge in [0.15, 0.2) is 0 Å². The second kappa shape index (κ2) is 6.46. The van der Waals surface area contributed by atoms with E-state index in [0.29, 0.717) is 11.3 Å². The Kier molecular flexibility index (Phi) is 4.83. The van der Waals surface area contributed by atoms with Crippen LogP contribution in [0.5, 0.6) is 5.75 Å². The third-order valence-corrected chi connectivity index (χ3v) is 5.08. The molecule has 4 nitrogen and oxygen atoms in total. The Balaban J connectivity index is 2.23. The highest BCUT2D eigenvalue weighted by Gasteiger charge is 2.20. The molecule has 1 unspecified atom stereocenters. The molecule has 6 heteroatoms. The summed E-state index contributed by atoms with van der Waals surface area (Å²) in [4.78, 5) is 0.0780. The van der Waals surface area contributed by atoms with Crippen LogP contribution in [0, 0.1) is 12.7 Å². The summed E-state index contributed by atoms with van der Waals surface area (Å²) >= 11 is 0. The summed E-state index contributed by atoms with van der Waals surface area (Å²) in [5, 5.41) is 0. The molecule has 0 fully saturated rings. The molecule has 0 radical (unpaired) electrons. The number of ether oxygens (including phenoxy) is 1. The minimum absolute atomic E-state index is 0.0780. The van der Waals surface area contributed by atoms with E-state index in [2.05, 4.69) is 4.72 Å². The Morgan fingerprint density at radius 2 is 1.77 bits per heavy atom. The van der Waals surface area contributed by atoms with Gasteiger partial charge in [0.25, 0.3) is 0 Å². The van der Waals surface area contributed by atoms with Gasteiger partial charge in [-0.05, 0) is 55.3 Å². The van der Waals surface area contributed by atoms with E-state index in [1.165, 1.54) is 12.1 Å². The van der Waals surface area contributed by atoms with Crippen LogP contribution >= 0.6 is 0 Å². The van der Waals surface area contributed by atoms with E-state index in [9.17, 15) is 12.8 Å². The molecular formula is C16H18FNO3S. The van der Waals surface area contributed by atoms with Crippen LogP contribution in [-0.4, -0.2) is 15.5 Å². The molecule has 0 amide bonds. The van der Waals surface area contributed by atoms with Crippen molar-refractivity contribution in [3.63, 3.8) is 0 Å². The molecule has 2 rings (SSSR count). The molecule has 22 heavy (non-hydrogen) atoms. The van der Waals surface area contributed by atoms with Crippen molar-refractivity contribution >= 4 is 10.0 Å². The lowest BCUT2D eigenvalue weighted by atomic mass is 10.1. The second-order valence-corrected chi connectivity index (χ2v) is 6.71. The molecule has 2 aromatic rings. The minimum atomic E-state index is -3.72. The Morgan fingerprint density at radius 3 is 2.32 bits per heavy atom. The summed E-state index contributed by atoms with van der Waals surface area (Å²) in [5.41, 5.74) is 1.18. The molecule has 0 aromatic heterocycles. The quantitative estimate of drug-likeness (QED) is 0.919. The zero-order valence-electron chi connectivity index (χ0n) is 12.6. The fourth-order valence-corrected chi connectivity index (χ4v) is 3.63. The van der Waals surface area contributed by atoms with E-state index in [1.807, 2.05) is 0 Å². The molecule has 0 saturated carbocycles. The van der Waals surface area contributed by atoms with E-state index < -0.39 is 21.9 Å². The Bertz CT molecular complexity index is 757. The van der Waals surface area contributed by atoms with Crippen LogP contribution in [0.15, 0.2) is 47.4 Å². The number of aryl methyl sites for hydroxylation is 1. The summed E-state index contributed by atoms with van der Waals surface area (Å²) < 4.78 is 45.6. The first-order valence-electron chi connectivity index (χ1n) is 6.76. The lowest BCUT2D eigenvalue weighted by Crippen LogP contribution is -2.27. The van der Waals surface area contributed by atoms with Gasteiger partial charge >= 0.3 is 0 Å². The molecule has 0 aliphatic heterocycles. The van der Waals surface area contributed by atoms with Crippen LogP contribution in [0.1, 0.15) is 24.1 Å². The fraction of sp³-hybridized carbons (Fsp3) is 0.250. The number of hydrogen-bond donors (Lipinski definition) is 1. The maximum absolute atomic E-state index is 13.1. The smallest absolute Gasteiger partial charge is 0.241 e. The van der Waals surface area contributed by atoms with Crippen molar-refractivity contribution in [3.8, 4) is 5.75 Å². The van der Waals surface area contributed by atoms with E-state index in [0.717, 1.165) is 11.6 Å². The van der Waals surface area contributed by atoms with Gasteiger partial charge in [-0.1, -0.05) is 12.1 Å². The summed E-state index contributed by atoms with van der Waals surface area (Å²) in [6, 6.07) is 10.3. The highest BCUT2D eigenvalue weighted by Crippen LogP contribution is 2.21. The molecule has 2 aromatic carbocycles. The third-order valence-electron chi connectivity index (χ3n) is 3.37. The first-order valence-corrected chi connectivity index (χ1v) is 8.24. The van der Waals surface area contributed by atoms with Gasteiger partial charge in [0.2, 0.25) is 10.0 Å². The molecule has 1 N–H and O–H groups in total. The molecular weight excluding hydrogens is 305 g/mol. The lowest BCUT2D eigenvalue weighted by Gasteiger charge is -2.16. The molecule has 0 bridgehead atoms. The SMILES string of the molecule is COc1ccc(C(C)NS(=O)(=O)c2ccc(F)cc2C)cc1. The first kappa shape index (κ1) is 16.5. The molecule has 0 spiro atoms. The molecule has 0 saturated heterocycles. The fourth-order valence-electron chi connectivity index (χ4n) is 2.17. The number of methoxy groups -OCH3 is 1. The average molecular weight is 323 g/mol. The van der Waals surface area contributed by atoms with Gasteiger partial charge in [0.1, 0.15) is 11.6 Å². The predicted octanol–water partition coefficient (Wildman–Crippen LogP) is 3.18. The van der Waals surface area contributed by atoms with E-state index in [1.54, 1.807) is 45.2 Å². The van der Waals surface area contributed by atoms with Crippen molar-refractivity contribution in [2.45, 2.75) is 24.8 Å². The van der Waals surface area contributed by atoms with E-state index >= 15 is 0 Å².